The van der Waals surface area contributed by atoms with Crippen molar-refractivity contribution in [1.29, 1.82) is 0 Å². The van der Waals surface area contributed by atoms with Crippen molar-refractivity contribution in [2.75, 3.05) is 26.3 Å². The van der Waals surface area contributed by atoms with Crippen molar-refractivity contribution in [3.8, 4) is 0 Å². The van der Waals surface area contributed by atoms with E-state index in [1.807, 2.05) is 36.4 Å². The first-order chi connectivity index (χ1) is 13.7. The first kappa shape index (κ1) is 18.2. The summed E-state index contributed by atoms with van der Waals surface area (Å²) in [7, 11) is 0. The van der Waals surface area contributed by atoms with Gasteiger partial charge in [0.25, 0.3) is 5.91 Å². The third-order valence-corrected chi connectivity index (χ3v) is 4.66. The van der Waals surface area contributed by atoms with Crippen LogP contribution in [-0.2, 0) is 25.5 Å². The largest absolute Gasteiger partial charge is 0.447 e. The van der Waals surface area contributed by atoms with Gasteiger partial charge in [0.2, 0.25) is 6.10 Å². The molecule has 7 heteroatoms. The Balaban J connectivity index is 1.53. The number of fused-ring (bicyclic) bond motifs is 1. The third-order valence-electron chi connectivity index (χ3n) is 4.66. The molecule has 144 valence electrons. The minimum absolute atomic E-state index is 0.0727. The number of hydrogen-bond donors (Lipinski definition) is 0. The molecule has 1 fully saturated rings. The number of rotatable bonds is 5. The SMILES string of the molecule is O=C(Cc1noc2ccccc12)OC(C(=O)N1CCOCC1)c1ccccc1. The summed E-state index contributed by atoms with van der Waals surface area (Å²) in [6, 6.07) is 16.3. The fraction of sp³-hybridized carbons (Fsp3) is 0.286. The summed E-state index contributed by atoms with van der Waals surface area (Å²) in [5.41, 5.74) is 1.73. The number of benzene rings is 2. The van der Waals surface area contributed by atoms with E-state index in [0.29, 0.717) is 43.1 Å². The highest BCUT2D eigenvalue weighted by atomic mass is 16.5. The highest BCUT2D eigenvalue weighted by molar-refractivity contribution is 5.87. The molecule has 1 saturated heterocycles. The molecular formula is C21H20N2O5. The Morgan fingerprint density at radius 2 is 1.75 bits per heavy atom. The minimum atomic E-state index is -0.995. The van der Waals surface area contributed by atoms with E-state index in [1.165, 1.54) is 0 Å². The average Bonchev–Trinajstić information content (AvgIpc) is 3.15. The van der Waals surface area contributed by atoms with Crippen LogP contribution in [0.25, 0.3) is 11.0 Å². The number of para-hydroxylation sites is 1. The lowest BCUT2D eigenvalue weighted by Crippen LogP contribution is -2.44. The normalized spacial score (nSPS) is 15.4. The van der Waals surface area contributed by atoms with Crippen LogP contribution in [0.4, 0.5) is 0 Å². The average molecular weight is 380 g/mol. The number of ether oxygens (including phenoxy) is 2. The Bertz CT molecular complexity index is 963. The van der Waals surface area contributed by atoms with Gasteiger partial charge in [0.1, 0.15) is 5.69 Å². The molecule has 1 aliphatic heterocycles. The summed E-state index contributed by atoms with van der Waals surface area (Å²) in [6.45, 7) is 1.92. The Morgan fingerprint density at radius 3 is 2.54 bits per heavy atom. The van der Waals surface area contributed by atoms with Gasteiger partial charge >= 0.3 is 5.97 Å². The second-order valence-electron chi connectivity index (χ2n) is 6.52. The number of aromatic nitrogens is 1. The van der Waals surface area contributed by atoms with Crippen molar-refractivity contribution in [2.24, 2.45) is 0 Å². The molecule has 2 heterocycles. The van der Waals surface area contributed by atoms with Gasteiger partial charge in [-0.3, -0.25) is 9.59 Å². The summed E-state index contributed by atoms with van der Waals surface area (Å²) in [4.78, 5) is 27.3. The predicted molar refractivity (Wildman–Crippen MR) is 100 cm³/mol. The lowest BCUT2D eigenvalue weighted by molar-refractivity contribution is -0.162. The molecule has 1 amide bonds. The summed E-state index contributed by atoms with van der Waals surface area (Å²) < 4.78 is 16.2. The van der Waals surface area contributed by atoms with Crippen LogP contribution in [0, 0.1) is 0 Å². The molecule has 1 unspecified atom stereocenters. The number of nitrogens with zero attached hydrogens (tertiary/aromatic N) is 2. The molecule has 1 aromatic heterocycles. The topological polar surface area (TPSA) is 81.9 Å². The highest BCUT2D eigenvalue weighted by Crippen LogP contribution is 2.23. The molecule has 0 spiro atoms. The lowest BCUT2D eigenvalue weighted by atomic mass is 10.1. The second-order valence-corrected chi connectivity index (χ2v) is 6.52. The maximum Gasteiger partial charge on any atom is 0.313 e. The lowest BCUT2D eigenvalue weighted by Gasteiger charge is -2.30. The first-order valence-corrected chi connectivity index (χ1v) is 9.16. The quantitative estimate of drug-likeness (QED) is 0.633. The zero-order chi connectivity index (χ0) is 19.3. The van der Waals surface area contributed by atoms with Gasteiger partial charge < -0.3 is 18.9 Å². The maximum atomic E-state index is 13.0. The van der Waals surface area contributed by atoms with Crippen LogP contribution >= 0.6 is 0 Å². The minimum Gasteiger partial charge on any atom is -0.447 e. The Morgan fingerprint density at radius 1 is 1.04 bits per heavy atom. The van der Waals surface area contributed by atoms with Crippen LogP contribution in [0.5, 0.6) is 0 Å². The standard InChI is InChI=1S/C21H20N2O5/c24-19(14-17-16-8-4-5-9-18(16)28-22-17)27-20(15-6-2-1-3-7-15)21(25)23-10-12-26-13-11-23/h1-9,20H,10-14H2. The first-order valence-electron chi connectivity index (χ1n) is 9.16. The van der Waals surface area contributed by atoms with Gasteiger partial charge in [0.15, 0.2) is 5.58 Å². The molecule has 0 N–H and O–H groups in total. The van der Waals surface area contributed by atoms with Gasteiger partial charge in [-0.2, -0.15) is 0 Å². The van der Waals surface area contributed by atoms with Gasteiger partial charge in [-0.15, -0.1) is 0 Å². The van der Waals surface area contributed by atoms with Crippen molar-refractivity contribution in [2.45, 2.75) is 12.5 Å². The third kappa shape index (κ3) is 3.89. The zero-order valence-corrected chi connectivity index (χ0v) is 15.2. The van der Waals surface area contributed by atoms with Gasteiger partial charge in [-0.25, -0.2) is 0 Å². The van der Waals surface area contributed by atoms with E-state index in [1.54, 1.807) is 23.1 Å². The van der Waals surface area contributed by atoms with Gasteiger partial charge in [-0.1, -0.05) is 47.6 Å². The molecular weight excluding hydrogens is 360 g/mol. The summed E-state index contributed by atoms with van der Waals surface area (Å²) in [5.74, 6) is -0.776. The van der Waals surface area contributed by atoms with E-state index in [2.05, 4.69) is 5.16 Å². The number of carbonyl (C=O) groups excluding carboxylic acids is 2. The number of morpholine rings is 1. The van der Waals surface area contributed by atoms with E-state index in [9.17, 15) is 9.59 Å². The van der Waals surface area contributed by atoms with E-state index >= 15 is 0 Å². The van der Waals surface area contributed by atoms with Crippen LogP contribution < -0.4 is 0 Å². The second kappa shape index (κ2) is 8.22. The van der Waals surface area contributed by atoms with Crippen molar-refractivity contribution >= 4 is 22.8 Å². The Labute approximate surface area is 161 Å². The van der Waals surface area contributed by atoms with Gasteiger partial charge in [0, 0.05) is 24.0 Å². The smallest absolute Gasteiger partial charge is 0.313 e. The van der Waals surface area contributed by atoms with Crippen LogP contribution in [0.15, 0.2) is 59.1 Å². The summed E-state index contributed by atoms with van der Waals surface area (Å²) >= 11 is 0. The zero-order valence-electron chi connectivity index (χ0n) is 15.2. The molecule has 0 aliphatic carbocycles. The maximum absolute atomic E-state index is 13.0. The van der Waals surface area contributed by atoms with Crippen LogP contribution in [-0.4, -0.2) is 48.2 Å². The van der Waals surface area contributed by atoms with Gasteiger partial charge in [0.05, 0.1) is 19.6 Å². The number of carbonyl (C=O) groups is 2. The molecule has 1 atom stereocenters. The van der Waals surface area contributed by atoms with E-state index in [4.69, 9.17) is 14.0 Å². The number of hydrogen-bond acceptors (Lipinski definition) is 6. The molecule has 28 heavy (non-hydrogen) atoms. The van der Waals surface area contributed by atoms with E-state index in [0.717, 1.165) is 5.39 Å². The monoisotopic (exact) mass is 380 g/mol. The van der Waals surface area contributed by atoms with Gasteiger partial charge in [-0.05, 0) is 12.1 Å². The predicted octanol–water partition coefficient (Wildman–Crippen LogP) is 2.51. The van der Waals surface area contributed by atoms with Crippen molar-refractivity contribution < 1.29 is 23.6 Å². The molecule has 7 nitrogen and oxygen atoms in total. The summed E-state index contributed by atoms with van der Waals surface area (Å²) in [6.07, 6.45) is -1.07. The molecule has 0 radical (unpaired) electrons. The van der Waals surface area contributed by atoms with Crippen molar-refractivity contribution in [1.82, 2.24) is 10.1 Å². The molecule has 3 aromatic rings. The fourth-order valence-electron chi connectivity index (χ4n) is 3.21. The molecule has 1 aliphatic rings. The van der Waals surface area contributed by atoms with E-state index in [-0.39, 0.29) is 12.3 Å². The molecule has 0 saturated carbocycles. The van der Waals surface area contributed by atoms with Crippen LogP contribution in [0.2, 0.25) is 0 Å². The Hall–Kier alpha value is -3.19. The van der Waals surface area contributed by atoms with Crippen LogP contribution in [0.3, 0.4) is 0 Å². The molecule has 4 rings (SSSR count). The fourth-order valence-corrected chi connectivity index (χ4v) is 3.21. The molecule has 0 bridgehead atoms. The molecule has 2 aromatic carbocycles. The number of amides is 1. The van der Waals surface area contributed by atoms with E-state index < -0.39 is 12.1 Å². The number of esters is 1. The van der Waals surface area contributed by atoms with Crippen molar-refractivity contribution in [3.63, 3.8) is 0 Å². The van der Waals surface area contributed by atoms with Crippen molar-refractivity contribution in [3.05, 3.63) is 65.9 Å². The Kier molecular flexibility index (Phi) is 5.34. The van der Waals surface area contributed by atoms with Crippen LogP contribution in [0.1, 0.15) is 17.4 Å². The summed E-state index contributed by atoms with van der Waals surface area (Å²) in [5, 5.41) is 4.72. The highest BCUT2D eigenvalue weighted by Gasteiger charge is 2.30.